The minimum absolute atomic E-state index is 0.213. The second kappa shape index (κ2) is 3.10. The normalized spacial score (nSPS) is 55.9. The highest BCUT2D eigenvalue weighted by Crippen LogP contribution is 2.78. The number of hydrogen-bond acceptors (Lipinski definition) is 1. The molecule has 17 heavy (non-hydrogen) atoms. The van der Waals surface area contributed by atoms with Crippen LogP contribution in [0, 0.1) is 27.6 Å². The molecule has 4 atom stereocenters. The summed E-state index contributed by atoms with van der Waals surface area (Å²) < 4.78 is 0. The third kappa shape index (κ3) is 1.11. The molecule has 98 valence electrons. The fourth-order valence-corrected chi connectivity index (χ4v) is 6.66. The van der Waals surface area contributed by atoms with Gasteiger partial charge >= 0.3 is 0 Å². The van der Waals surface area contributed by atoms with Crippen LogP contribution < -0.4 is 0 Å². The van der Waals surface area contributed by atoms with E-state index < -0.39 is 0 Å². The first-order valence-corrected chi connectivity index (χ1v) is 7.42. The molecule has 1 heteroatoms. The van der Waals surface area contributed by atoms with Crippen molar-refractivity contribution in [2.75, 3.05) is 6.61 Å². The second-order valence-electron chi connectivity index (χ2n) is 8.33. The maximum absolute atomic E-state index is 10.2. The second-order valence-corrected chi connectivity index (χ2v) is 8.33. The lowest BCUT2D eigenvalue weighted by Gasteiger charge is -2.63. The van der Waals surface area contributed by atoms with E-state index in [1.165, 1.54) is 38.5 Å². The molecule has 4 unspecified atom stereocenters. The molecule has 0 aliphatic heterocycles. The number of aliphatic hydroxyl groups is 1. The maximum atomic E-state index is 10.2. The van der Waals surface area contributed by atoms with Crippen LogP contribution in [0.15, 0.2) is 0 Å². The van der Waals surface area contributed by atoms with Crippen LogP contribution >= 0.6 is 0 Å². The van der Waals surface area contributed by atoms with Crippen LogP contribution in [0.2, 0.25) is 0 Å². The van der Waals surface area contributed by atoms with Gasteiger partial charge in [-0.1, -0.05) is 34.1 Å². The molecule has 3 saturated carbocycles. The monoisotopic (exact) mass is 236 g/mol. The van der Waals surface area contributed by atoms with Gasteiger partial charge in [0.2, 0.25) is 0 Å². The van der Waals surface area contributed by atoms with E-state index in [1.807, 2.05) is 0 Å². The minimum Gasteiger partial charge on any atom is -0.396 e. The number of rotatable bonds is 1. The molecule has 3 fully saturated rings. The van der Waals surface area contributed by atoms with Crippen LogP contribution in [0.25, 0.3) is 0 Å². The first kappa shape index (κ1) is 12.0. The van der Waals surface area contributed by atoms with Crippen molar-refractivity contribution in [3.63, 3.8) is 0 Å². The summed E-state index contributed by atoms with van der Waals surface area (Å²) in [6.07, 6.45) is 8.04. The Kier molecular flexibility index (Phi) is 2.19. The zero-order valence-corrected chi connectivity index (χ0v) is 12.0. The summed E-state index contributed by atoms with van der Waals surface area (Å²) in [6.45, 7) is 10.3. The standard InChI is InChI=1S/C16H28O/c1-13(2)10-16(11-17)14(3)7-5-8-15(16,4)12(13)6-9-14/h12,17H,5-11H2,1-4H3. The summed E-state index contributed by atoms with van der Waals surface area (Å²) in [6, 6.07) is 0. The molecule has 0 aromatic heterocycles. The Labute approximate surface area is 106 Å². The highest BCUT2D eigenvalue weighted by atomic mass is 16.3. The van der Waals surface area contributed by atoms with Crippen LogP contribution in [0.1, 0.15) is 66.2 Å². The van der Waals surface area contributed by atoms with Gasteiger partial charge in [0.15, 0.2) is 0 Å². The molecule has 3 aliphatic carbocycles. The zero-order valence-electron chi connectivity index (χ0n) is 12.0. The summed E-state index contributed by atoms with van der Waals surface area (Å²) in [4.78, 5) is 0. The largest absolute Gasteiger partial charge is 0.396 e. The molecular weight excluding hydrogens is 208 g/mol. The SMILES string of the molecule is CC1(C)CC2(CO)C3(C)CCCC2(C)C1CC3. The van der Waals surface area contributed by atoms with Gasteiger partial charge in [0.1, 0.15) is 0 Å². The van der Waals surface area contributed by atoms with Gasteiger partial charge in [0, 0.05) is 12.0 Å². The maximum Gasteiger partial charge on any atom is 0.0498 e. The smallest absolute Gasteiger partial charge is 0.0498 e. The molecule has 1 nitrogen and oxygen atoms in total. The highest BCUT2D eigenvalue weighted by molar-refractivity contribution is 5.21. The van der Waals surface area contributed by atoms with Crippen molar-refractivity contribution >= 4 is 0 Å². The van der Waals surface area contributed by atoms with Crippen LogP contribution in [0.3, 0.4) is 0 Å². The van der Waals surface area contributed by atoms with Gasteiger partial charge in [-0.25, -0.2) is 0 Å². The van der Waals surface area contributed by atoms with Crippen LogP contribution in [-0.2, 0) is 0 Å². The first-order chi connectivity index (χ1) is 7.81. The molecule has 0 saturated heterocycles. The van der Waals surface area contributed by atoms with E-state index in [1.54, 1.807) is 0 Å². The highest BCUT2D eigenvalue weighted by Gasteiger charge is 2.72. The Hall–Kier alpha value is -0.0400. The van der Waals surface area contributed by atoms with Gasteiger partial charge in [-0.15, -0.1) is 0 Å². The van der Waals surface area contributed by atoms with Crippen LogP contribution in [-0.4, -0.2) is 11.7 Å². The summed E-state index contributed by atoms with van der Waals surface area (Å²) in [5.41, 5.74) is 1.44. The quantitative estimate of drug-likeness (QED) is 0.729. The number of aliphatic hydroxyl groups excluding tert-OH is 1. The zero-order chi connectivity index (χ0) is 12.5. The lowest BCUT2D eigenvalue weighted by Crippen LogP contribution is -2.58. The van der Waals surface area contributed by atoms with E-state index in [0.717, 1.165) is 5.92 Å². The number of hydrogen-bond donors (Lipinski definition) is 1. The average molecular weight is 236 g/mol. The van der Waals surface area contributed by atoms with E-state index in [2.05, 4.69) is 27.7 Å². The molecule has 0 spiro atoms. The predicted molar refractivity (Wildman–Crippen MR) is 70.7 cm³/mol. The molecular formula is C16H28O. The van der Waals surface area contributed by atoms with E-state index in [9.17, 15) is 5.11 Å². The van der Waals surface area contributed by atoms with Gasteiger partial charge in [-0.2, -0.15) is 0 Å². The summed E-state index contributed by atoms with van der Waals surface area (Å²) in [5.74, 6) is 0.829. The van der Waals surface area contributed by atoms with Gasteiger partial charge in [0.25, 0.3) is 0 Å². The van der Waals surface area contributed by atoms with Crippen molar-refractivity contribution in [1.82, 2.24) is 0 Å². The lowest BCUT2D eigenvalue weighted by molar-refractivity contribution is -0.167. The Morgan fingerprint density at radius 1 is 1.06 bits per heavy atom. The van der Waals surface area contributed by atoms with E-state index in [4.69, 9.17) is 0 Å². The van der Waals surface area contributed by atoms with Crippen molar-refractivity contribution in [3.8, 4) is 0 Å². The van der Waals surface area contributed by atoms with Crippen molar-refractivity contribution < 1.29 is 5.11 Å². The van der Waals surface area contributed by atoms with Gasteiger partial charge < -0.3 is 5.11 Å². The molecule has 0 aromatic rings. The molecule has 0 aromatic carbocycles. The van der Waals surface area contributed by atoms with Crippen molar-refractivity contribution in [1.29, 1.82) is 0 Å². The summed E-state index contributed by atoms with van der Waals surface area (Å²) >= 11 is 0. The molecule has 4 bridgehead atoms. The van der Waals surface area contributed by atoms with Gasteiger partial charge in [0.05, 0.1) is 0 Å². The lowest BCUT2D eigenvalue weighted by atomic mass is 9.42. The molecule has 0 radical (unpaired) electrons. The predicted octanol–water partition coefficient (Wildman–Crippen LogP) is 4.00. The van der Waals surface area contributed by atoms with Gasteiger partial charge in [-0.3, -0.25) is 0 Å². The summed E-state index contributed by atoms with van der Waals surface area (Å²) in [7, 11) is 0. The Bertz CT molecular complexity index is 347. The Balaban J connectivity index is 2.19. The Morgan fingerprint density at radius 3 is 2.35 bits per heavy atom. The minimum atomic E-state index is 0.213. The Morgan fingerprint density at radius 2 is 1.76 bits per heavy atom. The van der Waals surface area contributed by atoms with E-state index >= 15 is 0 Å². The molecule has 3 rings (SSSR count). The third-order valence-corrected chi connectivity index (χ3v) is 7.40. The van der Waals surface area contributed by atoms with Crippen molar-refractivity contribution in [2.24, 2.45) is 27.6 Å². The molecule has 3 aliphatic rings. The fraction of sp³-hybridized carbons (Fsp3) is 1.00. The van der Waals surface area contributed by atoms with Crippen molar-refractivity contribution in [3.05, 3.63) is 0 Å². The first-order valence-electron chi connectivity index (χ1n) is 7.42. The van der Waals surface area contributed by atoms with E-state index in [-0.39, 0.29) is 5.41 Å². The van der Waals surface area contributed by atoms with Crippen molar-refractivity contribution in [2.45, 2.75) is 66.2 Å². The third-order valence-electron chi connectivity index (χ3n) is 7.40. The average Bonchev–Trinajstić information content (AvgIpc) is 2.32. The van der Waals surface area contributed by atoms with E-state index in [0.29, 0.717) is 22.9 Å². The fourth-order valence-electron chi connectivity index (χ4n) is 6.66. The van der Waals surface area contributed by atoms with Crippen LogP contribution in [0.4, 0.5) is 0 Å². The topological polar surface area (TPSA) is 20.2 Å². The van der Waals surface area contributed by atoms with Gasteiger partial charge in [-0.05, 0) is 54.3 Å². The molecule has 0 amide bonds. The molecule has 0 heterocycles. The molecule has 1 N–H and O–H groups in total. The summed E-state index contributed by atoms with van der Waals surface area (Å²) in [5, 5.41) is 10.2. The van der Waals surface area contributed by atoms with Crippen LogP contribution in [0.5, 0.6) is 0 Å².